The van der Waals surface area contributed by atoms with Crippen molar-refractivity contribution in [3.8, 4) is 0 Å². The summed E-state index contributed by atoms with van der Waals surface area (Å²) in [7, 11) is 4.96. The first-order valence-electron chi connectivity index (χ1n) is 17.1. The Morgan fingerprint density at radius 3 is 2.35 bits per heavy atom. The van der Waals surface area contributed by atoms with Crippen LogP contribution in [0.1, 0.15) is 67.7 Å². The van der Waals surface area contributed by atoms with Gasteiger partial charge in [-0.25, -0.2) is 4.79 Å². The summed E-state index contributed by atoms with van der Waals surface area (Å²) in [6, 6.07) is -1.41. The molecule has 0 spiro atoms. The number of hydrogen-bond acceptors (Lipinski definition) is 12. The van der Waals surface area contributed by atoms with Crippen molar-refractivity contribution in [2.24, 2.45) is 17.8 Å². The van der Waals surface area contributed by atoms with Gasteiger partial charge in [0.1, 0.15) is 18.1 Å². The fourth-order valence-corrected chi connectivity index (χ4v) is 7.53. The zero-order valence-electron chi connectivity index (χ0n) is 30.4. The van der Waals surface area contributed by atoms with Crippen LogP contribution in [-0.4, -0.2) is 135 Å². The van der Waals surface area contributed by atoms with Crippen molar-refractivity contribution in [3.63, 3.8) is 0 Å². The van der Waals surface area contributed by atoms with Crippen molar-refractivity contribution in [1.29, 1.82) is 0 Å². The van der Waals surface area contributed by atoms with Gasteiger partial charge in [0.2, 0.25) is 0 Å². The van der Waals surface area contributed by atoms with Crippen LogP contribution in [0.15, 0.2) is 0 Å². The normalized spacial score (nSPS) is 41.7. The summed E-state index contributed by atoms with van der Waals surface area (Å²) in [6.07, 6.45) is -9.41. The molecule has 16 heteroatoms. The number of aliphatic hydroxyl groups excluding tert-OH is 1. The Morgan fingerprint density at radius 1 is 1.12 bits per heavy atom. The largest absolute Gasteiger partial charge is 0.458 e. The van der Waals surface area contributed by atoms with E-state index in [0.29, 0.717) is 19.4 Å². The third kappa shape index (κ3) is 9.83. The molecule has 3 rings (SSSR count). The molecule has 3 aliphatic heterocycles. The minimum atomic E-state index is -4.42. The van der Waals surface area contributed by atoms with Gasteiger partial charge in [-0.05, 0) is 73.5 Å². The first kappa shape index (κ1) is 41.3. The molecule has 0 saturated carbocycles. The molecule has 0 aliphatic carbocycles. The predicted octanol–water partition coefficient (Wildman–Crippen LogP) is 2.38. The highest BCUT2D eigenvalue weighted by Gasteiger charge is 2.55. The fourth-order valence-electron chi connectivity index (χ4n) is 7.53. The number of carbonyl (C=O) groups is 3. The molecule has 49 heavy (non-hydrogen) atoms. The quantitative estimate of drug-likeness (QED) is 0.216. The number of ketones is 1. The van der Waals surface area contributed by atoms with Crippen molar-refractivity contribution >= 4 is 17.8 Å². The Morgan fingerprint density at radius 2 is 1.78 bits per heavy atom. The SMILES string of the molecule is CC[C@H]1OC(=O)C(C)C(=O)[C@H](C)[C@@H](OC2OC(CNCC(F)(F)F)CC(N(C)C)C2O)[C@](C)(OC)C[C@@H](C)CN[C@H](C)[C@H]2NC(=O)O[C@@]21C. The molecule has 0 aromatic rings. The van der Waals surface area contributed by atoms with Crippen LogP contribution in [0.3, 0.4) is 0 Å². The van der Waals surface area contributed by atoms with E-state index in [1.54, 1.807) is 46.7 Å². The molecule has 3 aliphatic rings. The molecule has 4 N–H and O–H groups in total. The zero-order valence-corrected chi connectivity index (χ0v) is 30.4. The van der Waals surface area contributed by atoms with Crippen molar-refractivity contribution in [2.45, 2.75) is 134 Å². The number of cyclic esters (lactones) is 1. The van der Waals surface area contributed by atoms with Gasteiger partial charge in [0.15, 0.2) is 17.7 Å². The van der Waals surface area contributed by atoms with E-state index in [0.717, 1.165) is 0 Å². The predicted molar refractivity (Wildman–Crippen MR) is 173 cm³/mol. The number of esters is 1. The number of hydrogen-bond donors (Lipinski definition) is 4. The van der Waals surface area contributed by atoms with Crippen LogP contribution >= 0.6 is 0 Å². The van der Waals surface area contributed by atoms with Gasteiger partial charge in [0.05, 0.1) is 30.4 Å². The Bertz CT molecular complexity index is 1150. The summed E-state index contributed by atoms with van der Waals surface area (Å²) < 4.78 is 69.0. The van der Waals surface area contributed by atoms with Crippen LogP contribution in [0.4, 0.5) is 18.0 Å². The highest BCUT2D eigenvalue weighted by Crippen LogP contribution is 2.37. The maximum Gasteiger partial charge on any atom is 0.408 e. The molecule has 0 aromatic heterocycles. The van der Waals surface area contributed by atoms with Crippen LogP contribution in [0, 0.1) is 17.8 Å². The van der Waals surface area contributed by atoms with E-state index in [9.17, 15) is 32.7 Å². The molecule has 1 amide bonds. The van der Waals surface area contributed by atoms with Crippen LogP contribution in [0.5, 0.6) is 0 Å². The molecule has 0 bridgehead atoms. The topological polar surface area (TPSA) is 157 Å². The molecule has 3 saturated heterocycles. The zero-order chi connectivity index (χ0) is 37.1. The first-order chi connectivity index (χ1) is 22.7. The molecular formula is C33H57F3N4O9. The third-order valence-corrected chi connectivity index (χ3v) is 10.4. The van der Waals surface area contributed by atoms with E-state index in [1.165, 1.54) is 14.0 Å². The number of halogens is 3. The minimum absolute atomic E-state index is 0.0847. The van der Waals surface area contributed by atoms with Gasteiger partial charge in [-0.3, -0.25) is 9.59 Å². The van der Waals surface area contributed by atoms with E-state index in [4.69, 9.17) is 23.7 Å². The Balaban J connectivity index is 2.00. The maximum atomic E-state index is 14.1. The lowest BCUT2D eigenvalue weighted by Crippen LogP contribution is -2.60. The Kier molecular flexibility index (Phi) is 13.9. The van der Waals surface area contributed by atoms with Gasteiger partial charge in [-0.1, -0.05) is 20.8 Å². The third-order valence-electron chi connectivity index (χ3n) is 10.4. The lowest BCUT2D eigenvalue weighted by atomic mass is 9.78. The van der Waals surface area contributed by atoms with Gasteiger partial charge in [-0.2, -0.15) is 13.2 Å². The molecule has 284 valence electrons. The van der Waals surface area contributed by atoms with Gasteiger partial charge in [0.25, 0.3) is 0 Å². The van der Waals surface area contributed by atoms with Crippen LogP contribution in [-0.2, 0) is 33.3 Å². The van der Waals surface area contributed by atoms with Crippen molar-refractivity contribution < 1.29 is 56.3 Å². The summed E-state index contributed by atoms with van der Waals surface area (Å²) in [5, 5.41) is 20.1. The summed E-state index contributed by atoms with van der Waals surface area (Å²) in [5.74, 6) is -3.65. The van der Waals surface area contributed by atoms with Crippen LogP contribution in [0.2, 0.25) is 0 Å². The number of alkyl carbamates (subject to hydrolysis) is 1. The van der Waals surface area contributed by atoms with E-state index in [1.807, 2.05) is 13.8 Å². The number of nitrogens with zero attached hydrogens (tertiary/aromatic N) is 1. The standard InChI is InChI=1S/C33H57F3N4O9/c1-11-23-32(7)26(39-30(44)49-32)20(5)38-14-17(2)13-31(6,45-10)27(18(3)24(41)19(4)28(43)47-23)48-29-25(42)22(40(8)9)12-21(46-29)15-37-16-33(34,35)36/h17-23,25-27,29,37-38,42H,11-16H2,1-10H3,(H,39,44)/t17-,18+,19?,20-,21?,22?,23-,25?,26-,27-,29?,31-,32-/m1/s1. The van der Waals surface area contributed by atoms with E-state index in [-0.39, 0.29) is 24.9 Å². The average Bonchev–Trinajstić information content (AvgIpc) is 3.34. The van der Waals surface area contributed by atoms with Crippen LogP contribution < -0.4 is 16.0 Å². The summed E-state index contributed by atoms with van der Waals surface area (Å²) >= 11 is 0. The van der Waals surface area contributed by atoms with Gasteiger partial charge in [0, 0.05) is 31.7 Å². The monoisotopic (exact) mass is 710 g/mol. The van der Waals surface area contributed by atoms with Crippen molar-refractivity contribution in [2.75, 3.05) is 40.8 Å². The number of alkyl halides is 3. The van der Waals surface area contributed by atoms with E-state index in [2.05, 4.69) is 16.0 Å². The van der Waals surface area contributed by atoms with Crippen molar-refractivity contribution in [3.05, 3.63) is 0 Å². The molecule has 3 fully saturated rings. The average molecular weight is 711 g/mol. The number of likely N-dealkylation sites (N-methyl/N-ethyl adjacent to an activating group) is 1. The number of rotatable bonds is 8. The highest BCUT2D eigenvalue weighted by atomic mass is 19.4. The number of amides is 1. The second-order valence-electron chi connectivity index (χ2n) is 14.7. The number of aliphatic hydroxyl groups is 1. The molecule has 0 aromatic carbocycles. The number of Topliss-reactive ketones (excluding diaryl/α,β-unsaturated/α-hetero) is 1. The number of carbonyl (C=O) groups excluding carboxylic acids is 3. The second kappa shape index (κ2) is 16.5. The number of nitrogens with one attached hydrogen (secondary N) is 3. The minimum Gasteiger partial charge on any atom is -0.458 e. The lowest BCUT2D eigenvalue weighted by Gasteiger charge is -2.47. The molecule has 13 nitrogen and oxygen atoms in total. The van der Waals surface area contributed by atoms with E-state index >= 15 is 0 Å². The Labute approximate surface area is 287 Å². The summed E-state index contributed by atoms with van der Waals surface area (Å²) in [6.45, 7) is 11.3. The van der Waals surface area contributed by atoms with Gasteiger partial charge < -0.3 is 49.6 Å². The van der Waals surface area contributed by atoms with Gasteiger partial charge >= 0.3 is 18.2 Å². The molecule has 13 atom stereocenters. The lowest BCUT2D eigenvalue weighted by molar-refractivity contribution is -0.297. The molecular weight excluding hydrogens is 653 g/mol. The second-order valence-corrected chi connectivity index (χ2v) is 14.7. The molecule has 0 radical (unpaired) electrons. The first-order valence-corrected chi connectivity index (χ1v) is 17.1. The summed E-state index contributed by atoms with van der Waals surface area (Å²) in [4.78, 5) is 41.9. The molecule has 5 unspecified atom stereocenters. The number of fused-ring (bicyclic) bond motifs is 1. The smallest absolute Gasteiger partial charge is 0.408 e. The maximum absolute atomic E-state index is 14.1. The fraction of sp³-hybridized carbons (Fsp3) is 0.909. The van der Waals surface area contributed by atoms with Crippen LogP contribution in [0.25, 0.3) is 0 Å². The molecule has 3 heterocycles. The number of methoxy groups -OCH3 is 1. The Hall–Kier alpha value is -2.08. The van der Waals surface area contributed by atoms with Crippen molar-refractivity contribution in [1.82, 2.24) is 20.9 Å². The summed E-state index contributed by atoms with van der Waals surface area (Å²) in [5.41, 5.74) is -2.39. The number of ether oxygens (including phenoxy) is 5. The van der Waals surface area contributed by atoms with Gasteiger partial charge in [-0.15, -0.1) is 0 Å². The van der Waals surface area contributed by atoms with E-state index < -0.39 is 96.4 Å². The highest BCUT2D eigenvalue weighted by molar-refractivity contribution is 6.00.